The summed E-state index contributed by atoms with van der Waals surface area (Å²) in [6.45, 7) is 0.401. The van der Waals surface area contributed by atoms with E-state index in [1.165, 1.54) is 6.20 Å². The van der Waals surface area contributed by atoms with Crippen LogP contribution in [0.4, 0.5) is 0 Å². The molecule has 2 aromatic heterocycles. The van der Waals surface area contributed by atoms with E-state index in [0.717, 1.165) is 5.56 Å². The van der Waals surface area contributed by atoms with Gasteiger partial charge in [-0.05, 0) is 12.0 Å². The van der Waals surface area contributed by atoms with Crippen LogP contribution in [0.15, 0.2) is 47.5 Å². The van der Waals surface area contributed by atoms with Crippen molar-refractivity contribution in [2.45, 2.75) is 19.0 Å². The Kier molecular flexibility index (Phi) is 3.49. The van der Waals surface area contributed by atoms with E-state index in [-0.39, 0.29) is 23.2 Å². The van der Waals surface area contributed by atoms with Crippen LogP contribution < -0.4 is 5.69 Å². The van der Waals surface area contributed by atoms with Gasteiger partial charge in [-0.1, -0.05) is 30.3 Å². The van der Waals surface area contributed by atoms with Gasteiger partial charge in [0.25, 0.3) is 0 Å². The third kappa shape index (κ3) is 2.62. The molecule has 1 atom stereocenters. The Balaban J connectivity index is 1.79. The second-order valence-corrected chi connectivity index (χ2v) is 8.26. The standard InChI is InChI=1S/C16H16N4O3S/c21-16-17-8-15-14(19(16)10-12-4-2-1-3-5-12)9-18-20(15)13-6-7-24(22,23)11-13/h1-5,8-9,13H,6-7,10-11H2/t13-/m1/s1. The molecule has 1 saturated heterocycles. The first-order chi connectivity index (χ1) is 11.5. The fourth-order valence-electron chi connectivity index (χ4n) is 3.16. The maximum atomic E-state index is 12.2. The van der Waals surface area contributed by atoms with Crippen molar-refractivity contribution in [1.82, 2.24) is 19.3 Å². The molecule has 1 aliphatic heterocycles. The maximum Gasteiger partial charge on any atom is 0.348 e. The first-order valence-corrected chi connectivity index (χ1v) is 9.53. The lowest BCUT2D eigenvalue weighted by Gasteiger charge is -2.11. The van der Waals surface area contributed by atoms with E-state index in [0.29, 0.717) is 24.0 Å². The molecule has 3 aromatic rings. The lowest BCUT2D eigenvalue weighted by atomic mass is 10.2. The highest BCUT2D eigenvalue weighted by atomic mass is 32.2. The van der Waals surface area contributed by atoms with Crippen LogP contribution >= 0.6 is 0 Å². The first kappa shape index (κ1) is 15.1. The summed E-state index contributed by atoms with van der Waals surface area (Å²) in [5.74, 6) is 0.262. The summed E-state index contributed by atoms with van der Waals surface area (Å²) in [5, 5.41) is 4.34. The fraction of sp³-hybridized carbons (Fsp3) is 0.312. The Labute approximate surface area is 138 Å². The number of aromatic nitrogens is 4. The second kappa shape index (κ2) is 5.55. The predicted molar refractivity (Wildman–Crippen MR) is 89.6 cm³/mol. The van der Waals surface area contributed by atoms with E-state index in [1.54, 1.807) is 15.4 Å². The van der Waals surface area contributed by atoms with Crippen LogP contribution in [0.3, 0.4) is 0 Å². The molecule has 1 aromatic carbocycles. The SMILES string of the molecule is O=c1ncc2c(cnn2[C@@H]2CCS(=O)(=O)C2)n1Cc1ccccc1. The summed E-state index contributed by atoms with van der Waals surface area (Å²) in [6.07, 6.45) is 3.64. The van der Waals surface area contributed by atoms with Crippen LogP contribution in [0.2, 0.25) is 0 Å². The van der Waals surface area contributed by atoms with Crippen molar-refractivity contribution in [3.8, 4) is 0 Å². The summed E-state index contributed by atoms with van der Waals surface area (Å²) in [7, 11) is -3.01. The zero-order valence-corrected chi connectivity index (χ0v) is 13.7. The van der Waals surface area contributed by atoms with Crippen molar-refractivity contribution < 1.29 is 8.42 Å². The lowest BCUT2D eigenvalue weighted by molar-refractivity contribution is 0.515. The third-order valence-corrected chi connectivity index (χ3v) is 6.12. The molecule has 0 saturated carbocycles. The van der Waals surface area contributed by atoms with Gasteiger partial charge in [0.1, 0.15) is 5.52 Å². The van der Waals surface area contributed by atoms with Gasteiger partial charge in [-0.3, -0.25) is 9.25 Å². The molecule has 24 heavy (non-hydrogen) atoms. The normalized spacial score (nSPS) is 19.8. The summed E-state index contributed by atoms with van der Waals surface area (Å²) < 4.78 is 26.7. The topological polar surface area (TPSA) is 86.8 Å². The van der Waals surface area contributed by atoms with Crippen LogP contribution in [0.1, 0.15) is 18.0 Å². The van der Waals surface area contributed by atoms with E-state index in [2.05, 4.69) is 10.1 Å². The van der Waals surface area contributed by atoms with Gasteiger partial charge < -0.3 is 0 Å². The molecule has 0 N–H and O–H groups in total. The van der Waals surface area contributed by atoms with Gasteiger partial charge in [0.2, 0.25) is 0 Å². The number of hydrogen-bond acceptors (Lipinski definition) is 5. The van der Waals surface area contributed by atoms with E-state index in [9.17, 15) is 13.2 Å². The van der Waals surface area contributed by atoms with Crippen molar-refractivity contribution in [3.05, 3.63) is 58.8 Å². The highest BCUT2D eigenvalue weighted by Gasteiger charge is 2.30. The van der Waals surface area contributed by atoms with Gasteiger partial charge in [0.05, 0.1) is 42.0 Å². The molecule has 8 heteroatoms. The molecule has 124 valence electrons. The second-order valence-electron chi connectivity index (χ2n) is 6.03. The zero-order valence-electron chi connectivity index (χ0n) is 12.9. The third-order valence-electron chi connectivity index (χ3n) is 4.37. The highest BCUT2D eigenvalue weighted by Crippen LogP contribution is 2.26. The van der Waals surface area contributed by atoms with Crippen molar-refractivity contribution in [3.63, 3.8) is 0 Å². The van der Waals surface area contributed by atoms with Gasteiger partial charge in [0, 0.05) is 0 Å². The first-order valence-electron chi connectivity index (χ1n) is 7.71. The number of nitrogens with zero attached hydrogens (tertiary/aromatic N) is 4. The van der Waals surface area contributed by atoms with Gasteiger partial charge in [-0.25, -0.2) is 13.2 Å². The van der Waals surface area contributed by atoms with E-state index in [4.69, 9.17) is 0 Å². The number of benzene rings is 1. The van der Waals surface area contributed by atoms with Gasteiger partial charge >= 0.3 is 5.69 Å². The van der Waals surface area contributed by atoms with E-state index < -0.39 is 9.84 Å². The maximum absolute atomic E-state index is 12.2. The van der Waals surface area contributed by atoms with Crippen LogP contribution in [0, 0.1) is 0 Å². The smallest absolute Gasteiger partial charge is 0.284 e. The molecule has 7 nitrogen and oxygen atoms in total. The quantitative estimate of drug-likeness (QED) is 0.707. The van der Waals surface area contributed by atoms with Gasteiger partial charge in [-0.2, -0.15) is 10.1 Å². The summed E-state index contributed by atoms with van der Waals surface area (Å²) >= 11 is 0. The Hall–Kier alpha value is -2.48. The number of hydrogen-bond donors (Lipinski definition) is 0. The highest BCUT2D eigenvalue weighted by molar-refractivity contribution is 7.91. The van der Waals surface area contributed by atoms with Crippen molar-refractivity contribution >= 4 is 20.9 Å². The van der Waals surface area contributed by atoms with E-state index in [1.807, 2.05) is 30.3 Å². The minimum atomic E-state index is -3.01. The van der Waals surface area contributed by atoms with Crippen molar-refractivity contribution in [1.29, 1.82) is 0 Å². The molecule has 0 unspecified atom stereocenters. The molecule has 3 heterocycles. The van der Waals surface area contributed by atoms with E-state index >= 15 is 0 Å². The minimum Gasteiger partial charge on any atom is -0.284 e. The van der Waals surface area contributed by atoms with Crippen LogP contribution in [-0.2, 0) is 16.4 Å². The molecule has 1 fully saturated rings. The van der Waals surface area contributed by atoms with Crippen LogP contribution in [0.5, 0.6) is 0 Å². The molecule has 4 rings (SSSR count). The molecular formula is C16H16N4O3S. The van der Waals surface area contributed by atoms with Crippen molar-refractivity contribution in [2.24, 2.45) is 0 Å². The summed E-state index contributed by atoms with van der Waals surface area (Å²) in [5.41, 5.74) is 2.01. The molecule has 0 bridgehead atoms. The van der Waals surface area contributed by atoms with Gasteiger partial charge in [-0.15, -0.1) is 0 Å². The monoisotopic (exact) mass is 344 g/mol. The minimum absolute atomic E-state index is 0.0849. The lowest BCUT2D eigenvalue weighted by Crippen LogP contribution is -2.23. The molecule has 1 aliphatic rings. The van der Waals surface area contributed by atoms with Crippen LogP contribution in [-0.4, -0.2) is 39.3 Å². The average molecular weight is 344 g/mol. The molecule has 0 spiro atoms. The zero-order chi connectivity index (χ0) is 16.7. The Morgan fingerprint density at radius 2 is 1.92 bits per heavy atom. The Morgan fingerprint density at radius 3 is 2.62 bits per heavy atom. The molecule has 0 amide bonds. The number of sulfone groups is 1. The van der Waals surface area contributed by atoms with Crippen LogP contribution in [0.25, 0.3) is 11.0 Å². The van der Waals surface area contributed by atoms with Crippen molar-refractivity contribution in [2.75, 3.05) is 11.5 Å². The average Bonchev–Trinajstić information content (AvgIpc) is 3.14. The Bertz CT molecular complexity index is 1050. The summed E-state index contributed by atoms with van der Waals surface area (Å²) in [6, 6.07) is 9.45. The van der Waals surface area contributed by atoms with Gasteiger partial charge in [0.15, 0.2) is 9.84 Å². The molecular weight excluding hydrogens is 328 g/mol. The Morgan fingerprint density at radius 1 is 1.12 bits per heavy atom. The molecule has 0 aliphatic carbocycles. The largest absolute Gasteiger partial charge is 0.348 e. The number of fused-ring (bicyclic) bond motifs is 1. The molecule has 0 radical (unpaired) electrons. The fourth-order valence-corrected chi connectivity index (χ4v) is 4.85. The predicted octanol–water partition coefficient (Wildman–Crippen LogP) is 1.00. The summed E-state index contributed by atoms with van der Waals surface area (Å²) in [4.78, 5) is 16.1. The number of rotatable bonds is 3.